The van der Waals surface area contributed by atoms with Crippen LogP contribution in [0.5, 0.6) is 0 Å². The van der Waals surface area contributed by atoms with E-state index in [0.717, 1.165) is 16.5 Å². The highest BCUT2D eigenvalue weighted by Crippen LogP contribution is 2.21. The summed E-state index contributed by atoms with van der Waals surface area (Å²) in [5, 5.41) is 15.8. The van der Waals surface area contributed by atoms with Gasteiger partial charge in [-0.05, 0) is 29.8 Å². The number of carbonyl (C=O) groups excluding carboxylic acids is 2. The van der Waals surface area contributed by atoms with Gasteiger partial charge in [-0.1, -0.05) is 29.8 Å². The number of aromatic nitrogens is 1. The third-order valence-electron chi connectivity index (χ3n) is 4.15. The Morgan fingerprint density at radius 2 is 2.04 bits per heavy atom. The van der Waals surface area contributed by atoms with E-state index in [1.165, 1.54) is 13.0 Å². The molecule has 2 aromatic carbocycles. The van der Waals surface area contributed by atoms with Crippen molar-refractivity contribution in [3.05, 3.63) is 64.8 Å². The van der Waals surface area contributed by atoms with Gasteiger partial charge < -0.3 is 15.6 Å². The first-order valence-corrected chi connectivity index (χ1v) is 8.68. The highest BCUT2D eigenvalue weighted by molar-refractivity contribution is 6.31. The van der Waals surface area contributed by atoms with Crippen LogP contribution in [0.4, 0.5) is 5.69 Å². The van der Waals surface area contributed by atoms with Gasteiger partial charge in [0, 0.05) is 36.1 Å². The molecule has 1 unspecified atom stereocenters. The standard InChI is InChI=1S/C20H17ClN4O2/c1-12(26)24-19(9-14-11-23-18-5-3-2-4-16(14)18)20(27)25-15-6-7-17(21)13(8-15)10-22/h2-8,11,19,23H,9H2,1H3,(H,24,26)(H,25,27). The van der Waals surface area contributed by atoms with E-state index < -0.39 is 6.04 Å². The molecular formula is C20H17ClN4O2. The number of carbonyl (C=O) groups is 2. The van der Waals surface area contributed by atoms with Crippen LogP contribution in [0.3, 0.4) is 0 Å². The monoisotopic (exact) mass is 380 g/mol. The number of nitrogens with one attached hydrogen (secondary N) is 3. The molecule has 3 aromatic rings. The molecule has 27 heavy (non-hydrogen) atoms. The summed E-state index contributed by atoms with van der Waals surface area (Å²) < 4.78 is 0. The Labute approximate surface area is 161 Å². The molecule has 0 aliphatic heterocycles. The second kappa shape index (κ2) is 7.94. The minimum absolute atomic E-state index is 0.266. The topological polar surface area (TPSA) is 97.8 Å². The lowest BCUT2D eigenvalue weighted by molar-refractivity contribution is -0.125. The van der Waals surface area contributed by atoms with Gasteiger partial charge >= 0.3 is 0 Å². The molecule has 0 saturated carbocycles. The number of rotatable bonds is 5. The summed E-state index contributed by atoms with van der Waals surface area (Å²) in [5.74, 6) is -0.675. The molecule has 3 rings (SSSR count). The molecule has 1 heterocycles. The molecule has 3 N–H and O–H groups in total. The molecule has 0 aliphatic carbocycles. The molecule has 136 valence electrons. The second-order valence-corrected chi connectivity index (χ2v) is 6.52. The van der Waals surface area contributed by atoms with Crippen LogP contribution in [-0.4, -0.2) is 22.8 Å². The van der Waals surface area contributed by atoms with Crippen LogP contribution in [-0.2, 0) is 16.0 Å². The fraction of sp³-hybridized carbons (Fsp3) is 0.150. The minimum atomic E-state index is -0.761. The maximum atomic E-state index is 12.7. The van der Waals surface area contributed by atoms with Gasteiger partial charge in [0.2, 0.25) is 11.8 Å². The van der Waals surface area contributed by atoms with Crippen molar-refractivity contribution in [3.63, 3.8) is 0 Å². The van der Waals surface area contributed by atoms with Gasteiger partial charge in [0.15, 0.2) is 0 Å². The summed E-state index contributed by atoms with van der Waals surface area (Å²) >= 11 is 5.92. The van der Waals surface area contributed by atoms with Gasteiger partial charge in [0.1, 0.15) is 12.1 Å². The van der Waals surface area contributed by atoms with Crippen molar-refractivity contribution in [2.24, 2.45) is 0 Å². The van der Waals surface area contributed by atoms with Gasteiger partial charge in [-0.2, -0.15) is 5.26 Å². The van der Waals surface area contributed by atoms with E-state index in [-0.39, 0.29) is 17.4 Å². The quantitative estimate of drug-likeness (QED) is 0.632. The summed E-state index contributed by atoms with van der Waals surface area (Å²) in [7, 11) is 0. The molecule has 0 fully saturated rings. The normalized spacial score (nSPS) is 11.6. The highest BCUT2D eigenvalue weighted by atomic mass is 35.5. The van der Waals surface area contributed by atoms with Gasteiger partial charge in [-0.15, -0.1) is 0 Å². The number of benzene rings is 2. The predicted octanol–water partition coefficient (Wildman–Crippen LogP) is 3.38. The average Bonchev–Trinajstić information content (AvgIpc) is 3.05. The van der Waals surface area contributed by atoms with Crippen LogP contribution >= 0.6 is 11.6 Å². The van der Waals surface area contributed by atoms with E-state index >= 15 is 0 Å². The average molecular weight is 381 g/mol. The Morgan fingerprint density at radius 3 is 2.78 bits per heavy atom. The molecule has 0 radical (unpaired) electrons. The molecule has 0 saturated heterocycles. The Balaban J connectivity index is 1.83. The van der Waals surface area contributed by atoms with Crippen molar-refractivity contribution in [2.75, 3.05) is 5.32 Å². The summed E-state index contributed by atoms with van der Waals surface area (Å²) in [4.78, 5) is 27.5. The fourth-order valence-corrected chi connectivity index (χ4v) is 3.05. The van der Waals surface area contributed by atoms with Gasteiger partial charge in [-0.3, -0.25) is 9.59 Å². The molecule has 0 spiro atoms. The number of anilines is 1. The summed E-state index contributed by atoms with van der Waals surface area (Å²) in [6.07, 6.45) is 2.16. The maximum Gasteiger partial charge on any atom is 0.247 e. The van der Waals surface area contributed by atoms with Crippen molar-refractivity contribution in [2.45, 2.75) is 19.4 Å². The molecular weight excluding hydrogens is 364 g/mol. The highest BCUT2D eigenvalue weighted by Gasteiger charge is 2.22. The van der Waals surface area contributed by atoms with Crippen molar-refractivity contribution < 1.29 is 9.59 Å². The van der Waals surface area contributed by atoms with Crippen molar-refractivity contribution in [1.82, 2.24) is 10.3 Å². The maximum absolute atomic E-state index is 12.7. The van der Waals surface area contributed by atoms with Gasteiger partial charge in [0.05, 0.1) is 10.6 Å². The first-order valence-electron chi connectivity index (χ1n) is 8.30. The van der Waals surface area contributed by atoms with Crippen LogP contribution in [0.25, 0.3) is 10.9 Å². The lowest BCUT2D eigenvalue weighted by Crippen LogP contribution is -2.44. The first-order chi connectivity index (χ1) is 13.0. The number of nitriles is 1. The second-order valence-electron chi connectivity index (χ2n) is 6.11. The lowest BCUT2D eigenvalue weighted by Gasteiger charge is -2.17. The number of aromatic amines is 1. The number of amides is 2. The van der Waals surface area contributed by atoms with Gasteiger partial charge in [-0.25, -0.2) is 0 Å². The molecule has 0 aliphatic rings. The molecule has 1 aromatic heterocycles. The number of para-hydroxylation sites is 1. The van der Waals surface area contributed by atoms with Crippen molar-refractivity contribution >= 4 is 40.0 Å². The molecule has 2 amide bonds. The third kappa shape index (κ3) is 4.27. The van der Waals surface area contributed by atoms with Gasteiger partial charge in [0.25, 0.3) is 0 Å². The van der Waals surface area contributed by atoms with E-state index in [1.54, 1.807) is 12.1 Å². The first kappa shape index (κ1) is 18.5. The van der Waals surface area contributed by atoms with Crippen molar-refractivity contribution in [3.8, 4) is 6.07 Å². The molecule has 6 nitrogen and oxygen atoms in total. The lowest BCUT2D eigenvalue weighted by atomic mass is 10.0. The zero-order chi connectivity index (χ0) is 19.4. The molecule has 0 bridgehead atoms. The minimum Gasteiger partial charge on any atom is -0.361 e. The van der Waals surface area contributed by atoms with Crippen LogP contribution < -0.4 is 10.6 Å². The number of H-pyrrole nitrogens is 1. The van der Waals surface area contributed by atoms with E-state index in [4.69, 9.17) is 16.9 Å². The Kier molecular flexibility index (Phi) is 5.43. The van der Waals surface area contributed by atoms with E-state index in [0.29, 0.717) is 17.1 Å². The summed E-state index contributed by atoms with van der Waals surface area (Å²) in [5.41, 5.74) is 2.59. The number of hydrogen-bond acceptors (Lipinski definition) is 3. The SMILES string of the molecule is CC(=O)NC(Cc1c[nH]c2ccccc12)C(=O)Nc1ccc(Cl)c(C#N)c1. The summed E-state index contributed by atoms with van der Waals surface area (Å²) in [6.45, 7) is 1.37. The van der Waals surface area contributed by atoms with E-state index in [2.05, 4.69) is 15.6 Å². The van der Waals surface area contributed by atoms with E-state index in [1.807, 2.05) is 36.5 Å². The molecule has 1 atom stereocenters. The van der Waals surface area contributed by atoms with E-state index in [9.17, 15) is 9.59 Å². The zero-order valence-electron chi connectivity index (χ0n) is 14.5. The largest absolute Gasteiger partial charge is 0.361 e. The number of nitrogens with zero attached hydrogens (tertiary/aromatic N) is 1. The zero-order valence-corrected chi connectivity index (χ0v) is 15.3. The number of halogens is 1. The Bertz CT molecular complexity index is 1050. The number of fused-ring (bicyclic) bond motifs is 1. The Morgan fingerprint density at radius 1 is 1.26 bits per heavy atom. The molecule has 7 heteroatoms. The third-order valence-corrected chi connectivity index (χ3v) is 4.48. The van der Waals surface area contributed by atoms with Crippen LogP contribution in [0.15, 0.2) is 48.7 Å². The fourth-order valence-electron chi connectivity index (χ4n) is 2.89. The summed E-state index contributed by atoms with van der Waals surface area (Å²) in [6, 6.07) is 13.6. The van der Waals surface area contributed by atoms with Crippen LogP contribution in [0.1, 0.15) is 18.1 Å². The van der Waals surface area contributed by atoms with Crippen LogP contribution in [0.2, 0.25) is 5.02 Å². The predicted molar refractivity (Wildman–Crippen MR) is 104 cm³/mol. The number of hydrogen-bond donors (Lipinski definition) is 3. The Hall–Kier alpha value is -3.30. The smallest absolute Gasteiger partial charge is 0.247 e. The van der Waals surface area contributed by atoms with Crippen LogP contribution in [0, 0.1) is 11.3 Å². The van der Waals surface area contributed by atoms with Crippen molar-refractivity contribution in [1.29, 1.82) is 5.26 Å².